The maximum Gasteiger partial charge on any atom is 0.239 e. The van der Waals surface area contributed by atoms with Crippen LogP contribution >= 0.6 is 11.3 Å². The number of aromatic nitrogens is 3. The highest BCUT2D eigenvalue weighted by Gasteiger charge is 2.23. The van der Waals surface area contributed by atoms with Crippen molar-refractivity contribution in [1.82, 2.24) is 15.2 Å². The molecule has 11 heteroatoms. The number of benzene rings is 1. The van der Waals surface area contributed by atoms with Gasteiger partial charge in [-0.15, -0.1) is 21.5 Å². The third-order valence-electron chi connectivity index (χ3n) is 5.99. The van der Waals surface area contributed by atoms with Crippen LogP contribution in [0.25, 0.3) is 11.3 Å². The molecule has 2 aliphatic heterocycles. The van der Waals surface area contributed by atoms with E-state index >= 15 is 0 Å². The molecule has 0 unspecified atom stereocenters. The molecule has 4 heterocycles. The number of halogens is 2. The number of nitrogens with zero attached hydrogens (tertiary/aromatic N) is 5. The number of carbonyl (C=O) groups is 1. The fraction of sp³-hybridized carbons (Fsp3) is 0.391. The predicted molar refractivity (Wildman–Crippen MR) is 124 cm³/mol. The Bertz CT molecular complexity index is 1150. The number of morpholine rings is 1. The van der Waals surface area contributed by atoms with Gasteiger partial charge in [-0.2, -0.15) is 4.39 Å². The molecule has 0 spiro atoms. The van der Waals surface area contributed by atoms with Crippen LogP contribution in [0.4, 0.5) is 19.7 Å². The molecule has 8 nitrogen and oxygen atoms in total. The minimum absolute atomic E-state index is 0.0425. The van der Waals surface area contributed by atoms with Gasteiger partial charge in [0, 0.05) is 49.1 Å². The number of hydrogen-bond donors (Lipinski definition) is 0. The monoisotopic (exact) mass is 487 g/mol. The number of anilines is 2. The van der Waals surface area contributed by atoms with E-state index in [4.69, 9.17) is 9.47 Å². The first kappa shape index (κ1) is 22.6. The summed E-state index contributed by atoms with van der Waals surface area (Å²) in [6, 6.07) is 5.80. The largest absolute Gasteiger partial charge is 0.434 e. The van der Waals surface area contributed by atoms with Gasteiger partial charge in [0.1, 0.15) is 6.29 Å². The Kier molecular flexibility index (Phi) is 6.63. The Labute approximate surface area is 199 Å². The van der Waals surface area contributed by atoms with Crippen molar-refractivity contribution in [2.45, 2.75) is 12.8 Å². The average molecular weight is 488 g/mol. The summed E-state index contributed by atoms with van der Waals surface area (Å²) in [6.07, 6.45) is 2.53. The molecular formula is C23H23F2N5O3S. The molecule has 0 atom stereocenters. The predicted octanol–water partition coefficient (Wildman–Crippen LogP) is 3.92. The van der Waals surface area contributed by atoms with E-state index < -0.39 is 11.6 Å². The zero-order valence-corrected chi connectivity index (χ0v) is 19.1. The number of aldehydes is 1. The van der Waals surface area contributed by atoms with E-state index in [1.807, 2.05) is 4.90 Å². The normalized spacial score (nSPS) is 17.1. The van der Waals surface area contributed by atoms with E-state index in [0.717, 1.165) is 43.4 Å². The van der Waals surface area contributed by atoms with Crippen LogP contribution in [-0.4, -0.2) is 60.9 Å². The second-order valence-electron chi connectivity index (χ2n) is 8.15. The van der Waals surface area contributed by atoms with Crippen LogP contribution < -0.4 is 14.5 Å². The maximum absolute atomic E-state index is 14.8. The van der Waals surface area contributed by atoms with Crippen LogP contribution in [0, 0.1) is 17.6 Å². The summed E-state index contributed by atoms with van der Waals surface area (Å²) >= 11 is 1.43. The van der Waals surface area contributed by atoms with E-state index in [9.17, 15) is 13.6 Å². The van der Waals surface area contributed by atoms with Crippen molar-refractivity contribution >= 4 is 28.6 Å². The van der Waals surface area contributed by atoms with Gasteiger partial charge in [-0.25, -0.2) is 9.37 Å². The summed E-state index contributed by atoms with van der Waals surface area (Å²) in [5, 5.41) is 10.8. The van der Waals surface area contributed by atoms with E-state index in [1.54, 1.807) is 17.5 Å². The summed E-state index contributed by atoms with van der Waals surface area (Å²) in [5.74, 6) is -1.65. The Morgan fingerprint density at radius 2 is 1.82 bits per heavy atom. The topological polar surface area (TPSA) is 80.7 Å². The Balaban J connectivity index is 1.36. The molecule has 0 aliphatic carbocycles. The molecule has 2 fully saturated rings. The van der Waals surface area contributed by atoms with Crippen molar-refractivity contribution in [3.8, 4) is 22.9 Å². The highest BCUT2D eigenvalue weighted by molar-refractivity contribution is 7.14. The quantitative estimate of drug-likeness (QED) is 0.484. The first-order chi connectivity index (χ1) is 16.6. The van der Waals surface area contributed by atoms with Crippen LogP contribution in [0.1, 0.15) is 12.8 Å². The minimum Gasteiger partial charge on any atom is -0.434 e. The van der Waals surface area contributed by atoms with Gasteiger partial charge in [-0.05, 0) is 31.0 Å². The average Bonchev–Trinajstić information content (AvgIpc) is 3.38. The van der Waals surface area contributed by atoms with Crippen LogP contribution in [0.3, 0.4) is 0 Å². The first-order valence-electron chi connectivity index (χ1n) is 11.1. The highest BCUT2D eigenvalue weighted by Crippen LogP contribution is 2.38. The maximum atomic E-state index is 14.8. The lowest BCUT2D eigenvalue weighted by atomic mass is 9.99. The highest BCUT2D eigenvalue weighted by atomic mass is 32.1. The van der Waals surface area contributed by atoms with Crippen LogP contribution in [0.15, 0.2) is 29.6 Å². The lowest BCUT2D eigenvalue weighted by Gasteiger charge is -2.30. The second kappa shape index (κ2) is 9.98. The molecule has 1 aromatic carbocycles. The smallest absolute Gasteiger partial charge is 0.239 e. The van der Waals surface area contributed by atoms with Crippen molar-refractivity contribution in [1.29, 1.82) is 0 Å². The van der Waals surface area contributed by atoms with E-state index in [1.165, 1.54) is 17.4 Å². The molecule has 34 heavy (non-hydrogen) atoms. The van der Waals surface area contributed by atoms with Crippen LogP contribution in [0.2, 0.25) is 0 Å². The van der Waals surface area contributed by atoms with E-state index in [2.05, 4.69) is 20.1 Å². The molecule has 0 amide bonds. The van der Waals surface area contributed by atoms with Crippen LogP contribution in [-0.2, 0) is 9.53 Å². The van der Waals surface area contributed by atoms with Crippen molar-refractivity contribution in [2.75, 3.05) is 49.2 Å². The van der Waals surface area contributed by atoms with Gasteiger partial charge in [0.05, 0.1) is 18.9 Å². The third-order valence-corrected chi connectivity index (χ3v) is 6.89. The Morgan fingerprint density at radius 1 is 1.03 bits per heavy atom. The standard InChI is InChI=1S/C23H23F2N5O3S/c24-17-2-1-16(18-14-34-23(26-18)30-9-11-32-12-10-30)22(21(17)25)33-20-4-3-19(27-28-20)29-7-5-15(13-31)6-8-29/h1-4,13-15H,5-12H2. The number of ether oxygens (including phenoxy) is 2. The SMILES string of the molecule is O=CC1CCN(c2ccc(Oc3c(-c4csc(N5CCOCC5)n4)ccc(F)c3F)nn2)CC1. The number of rotatable bonds is 6. The summed E-state index contributed by atoms with van der Waals surface area (Å²) in [4.78, 5) is 19.7. The van der Waals surface area contributed by atoms with Crippen molar-refractivity contribution in [2.24, 2.45) is 5.92 Å². The van der Waals surface area contributed by atoms with Gasteiger partial charge in [0.2, 0.25) is 11.7 Å². The molecule has 2 aliphatic rings. The summed E-state index contributed by atoms with van der Waals surface area (Å²) in [7, 11) is 0. The van der Waals surface area contributed by atoms with Gasteiger partial charge in [-0.3, -0.25) is 0 Å². The molecule has 2 aromatic heterocycles. The van der Waals surface area contributed by atoms with Gasteiger partial charge < -0.3 is 24.1 Å². The third kappa shape index (κ3) is 4.71. The summed E-state index contributed by atoms with van der Waals surface area (Å²) in [6.45, 7) is 4.11. The molecule has 0 N–H and O–H groups in total. The van der Waals surface area contributed by atoms with Crippen molar-refractivity contribution in [3.05, 3.63) is 41.3 Å². The molecular weight excluding hydrogens is 464 g/mol. The second-order valence-corrected chi connectivity index (χ2v) is 8.98. The van der Waals surface area contributed by atoms with Gasteiger partial charge in [0.15, 0.2) is 22.5 Å². The minimum atomic E-state index is -1.11. The van der Waals surface area contributed by atoms with Gasteiger partial charge in [-0.1, -0.05) is 0 Å². The number of piperidine rings is 1. The fourth-order valence-corrected chi connectivity index (χ4v) is 4.91. The number of hydrogen-bond acceptors (Lipinski definition) is 9. The van der Waals surface area contributed by atoms with Crippen molar-refractivity contribution < 1.29 is 23.0 Å². The lowest BCUT2D eigenvalue weighted by Crippen LogP contribution is -2.36. The summed E-state index contributed by atoms with van der Waals surface area (Å²) < 4.78 is 39.9. The fourth-order valence-electron chi connectivity index (χ4n) is 4.03. The lowest BCUT2D eigenvalue weighted by molar-refractivity contribution is -0.111. The Morgan fingerprint density at radius 3 is 2.53 bits per heavy atom. The molecule has 5 rings (SSSR count). The number of thiazole rings is 1. The molecule has 2 saturated heterocycles. The van der Waals surface area contributed by atoms with Gasteiger partial charge >= 0.3 is 0 Å². The summed E-state index contributed by atoms with van der Waals surface area (Å²) in [5.41, 5.74) is 0.819. The van der Waals surface area contributed by atoms with E-state index in [-0.39, 0.29) is 17.5 Å². The van der Waals surface area contributed by atoms with Crippen molar-refractivity contribution in [3.63, 3.8) is 0 Å². The Hall–Kier alpha value is -3.18. The van der Waals surface area contributed by atoms with Crippen LogP contribution in [0.5, 0.6) is 11.6 Å². The van der Waals surface area contributed by atoms with Gasteiger partial charge in [0.25, 0.3) is 0 Å². The molecule has 0 saturated carbocycles. The molecule has 3 aromatic rings. The van der Waals surface area contributed by atoms with E-state index in [0.29, 0.717) is 43.4 Å². The molecule has 0 bridgehead atoms. The zero-order valence-electron chi connectivity index (χ0n) is 18.3. The first-order valence-corrected chi connectivity index (χ1v) is 12.0. The molecule has 178 valence electrons. The molecule has 0 radical (unpaired) electrons. The number of carbonyl (C=O) groups excluding carboxylic acids is 1. The zero-order chi connectivity index (χ0) is 23.5.